The van der Waals surface area contributed by atoms with E-state index in [1.807, 2.05) is 6.07 Å². The van der Waals surface area contributed by atoms with Crippen molar-refractivity contribution in [2.24, 2.45) is 0 Å². The molecule has 2 heterocycles. The maximum Gasteiger partial charge on any atom is 0.254 e. The Bertz CT molecular complexity index is 747. The summed E-state index contributed by atoms with van der Waals surface area (Å²) in [6.07, 6.45) is 3.32. The van der Waals surface area contributed by atoms with Crippen molar-refractivity contribution >= 4 is 23.2 Å². The lowest BCUT2D eigenvalue weighted by atomic mass is 10.3. The van der Waals surface area contributed by atoms with Crippen LogP contribution in [0.1, 0.15) is 5.89 Å². The Balaban J connectivity index is 1.70. The molecule has 3 aromatic rings. The van der Waals surface area contributed by atoms with Crippen molar-refractivity contribution < 1.29 is 9.15 Å². The number of rotatable bonds is 4. The van der Waals surface area contributed by atoms with Crippen molar-refractivity contribution in [1.29, 1.82) is 0 Å². The van der Waals surface area contributed by atoms with E-state index in [0.29, 0.717) is 27.6 Å². The van der Waals surface area contributed by atoms with Crippen LogP contribution in [0.15, 0.2) is 47.1 Å². The van der Waals surface area contributed by atoms with Gasteiger partial charge in [0, 0.05) is 17.4 Å². The van der Waals surface area contributed by atoms with Crippen LogP contribution < -0.4 is 4.74 Å². The van der Waals surface area contributed by atoms with Crippen molar-refractivity contribution in [3.05, 3.63) is 58.7 Å². The maximum absolute atomic E-state index is 6.01. The van der Waals surface area contributed by atoms with Crippen LogP contribution in [0.3, 0.4) is 0 Å². The van der Waals surface area contributed by atoms with E-state index in [9.17, 15) is 0 Å². The molecule has 0 bridgehead atoms. The SMILES string of the molecule is Clc1ccc(OCc2nnc(-c3cccnc3)o2)c(Cl)c1. The molecule has 0 spiro atoms. The second-order valence-corrected chi connectivity index (χ2v) is 4.95. The lowest BCUT2D eigenvalue weighted by Crippen LogP contribution is -1.96. The first-order valence-electron chi connectivity index (χ1n) is 6.03. The third kappa shape index (κ3) is 3.32. The third-order valence-electron chi connectivity index (χ3n) is 2.62. The molecule has 0 fully saturated rings. The largest absolute Gasteiger partial charge is 0.482 e. The number of ether oxygens (including phenoxy) is 1. The molecule has 21 heavy (non-hydrogen) atoms. The molecule has 3 rings (SSSR count). The summed E-state index contributed by atoms with van der Waals surface area (Å²) in [6.45, 7) is 0.120. The zero-order chi connectivity index (χ0) is 14.7. The number of pyridine rings is 1. The van der Waals surface area contributed by atoms with E-state index < -0.39 is 0 Å². The highest BCUT2D eigenvalue weighted by molar-refractivity contribution is 6.35. The summed E-state index contributed by atoms with van der Waals surface area (Å²) in [5, 5.41) is 8.83. The van der Waals surface area contributed by atoms with Gasteiger partial charge < -0.3 is 9.15 Å². The minimum Gasteiger partial charge on any atom is -0.482 e. The summed E-state index contributed by atoms with van der Waals surface area (Å²) in [5.41, 5.74) is 0.751. The fourth-order valence-electron chi connectivity index (χ4n) is 1.65. The van der Waals surface area contributed by atoms with Gasteiger partial charge in [0.1, 0.15) is 5.75 Å². The molecule has 0 atom stereocenters. The second-order valence-electron chi connectivity index (χ2n) is 4.11. The number of aromatic nitrogens is 3. The monoisotopic (exact) mass is 321 g/mol. The molecule has 0 saturated heterocycles. The molecule has 0 aliphatic carbocycles. The first-order chi connectivity index (χ1) is 10.2. The van der Waals surface area contributed by atoms with Crippen molar-refractivity contribution in [2.45, 2.75) is 6.61 Å². The molecule has 0 N–H and O–H groups in total. The van der Waals surface area contributed by atoms with Gasteiger partial charge >= 0.3 is 0 Å². The first-order valence-corrected chi connectivity index (χ1v) is 6.78. The molecule has 0 radical (unpaired) electrons. The molecular formula is C14H9Cl2N3O2. The van der Waals surface area contributed by atoms with Gasteiger partial charge in [-0.25, -0.2) is 0 Å². The van der Waals surface area contributed by atoms with E-state index in [1.54, 1.807) is 36.7 Å². The zero-order valence-corrected chi connectivity index (χ0v) is 12.2. The Labute approximate surface area is 130 Å². The van der Waals surface area contributed by atoms with Gasteiger partial charge in [0.05, 0.1) is 10.6 Å². The van der Waals surface area contributed by atoms with Crippen LogP contribution >= 0.6 is 23.2 Å². The summed E-state index contributed by atoms with van der Waals surface area (Å²) in [5.74, 6) is 1.24. The van der Waals surface area contributed by atoms with Gasteiger partial charge in [0.15, 0.2) is 6.61 Å². The van der Waals surface area contributed by atoms with Gasteiger partial charge in [-0.15, -0.1) is 10.2 Å². The Hall–Kier alpha value is -2.11. The third-order valence-corrected chi connectivity index (χ3v) is 3.15. The average molecular weight is 322 g/mol. The van der Waals surface area contributed by atoms with Crippen molar-refractivity contribution in [2.75, 3.05) is 0 Å². The van der Waals surface area contributed by atoms with Crippen LogP contribution in [0, 0.1) is 0 Å². The molecular weight excluding hydrogens is 313 g/mol. The number of hydrogen-bond acceptors (Lipinski definition) is 5. The summed E-state index contributed by atoms with van der Waals surface area (Å²) in [4.78, 5) is 3.99. The second kappa shape index (κ2) is 6.11. The van der Waals surface area contributed by atoms with Gasteiger partial charge in [0.25, 0.3) is 5.89 Å². The van der Waals surface area contributed by atoms with Crippen LogP contribution in [0.4, 0.5) is 0 Å². The van der Waals surface area contributed by atoms with Gasteiger partial charge in [-0.2, -0.15) is 0 Å². The molecule has 5 nitrogen and oxygen atoms in total. The van der Waals surface area contributed by atoms with E-state index in [4.69, 9.17) is 32.4 Å². The molecule has 0 unspecified atom stereocenters. The Morgan fingerprint density at radius 1 is 1.14 bits per heavy atom. The van der Waals surface area contributed by atoms with Gasteiger partial charge in [-0.1, -0.05) is 23.2 Å². The molecule has 0 aliphatic heterocycles. The molecule has 7 heteroatoms. The molecule has 0 amide bonds. The molecule has 0 aliphatic rings. The van der Waals surface area contributed by atoms with E-state index in [2.05, 4.69) is 15.2 Å². The Morgan fingerprint density at radius 3 is 2.81 bits per heavy atom. The highest BCUT2D eigenvalue weighted by atomic mass is 35.5. The number of benzene rings is 1. The quantitative estimate of drug-likeness (QED) is 0.726. The van der Waals surface area contributed by atoms with Crippen LogP contribution in [0.5, 0.6) is 5.75 Å². The van der Waals surface area contributed by atoms with Crippen LogP contribution in [-0.4, -0.2) is 15.2 Å². The topological polar surface area (TPSA) is 61.0 Å². The normalized spacial score (nSPS) is 10.6. The molecule has 2 aromatic heterocycles. The lowest BCUT2D eigenvalue weighted by Gasteiger charge is -2.05. The van der Waals surface area contributed by atoms with Crippen molar-refractivity contribution in [1.82, 2.24) is 15.2 Å². The van der Waals surface area contributed by atoms with Gasteiger partial charge in [-0.3, -0.25) is 4.98 Å². The van der Waals surface area contributed by atoms with Crippen molar-refractivity contribution in [3.8, 4) is 17.2 Å². The minimum atomic E-state index is 0.120. The summed E-state index contributed by atoms with van der Waals surface area (Å²) >= 11 is 11.8. The smallest absolute Gasteiger partial charge is 0.254 e. The lowest BCUT2D eigenvalue weighted by molar-refractivity contribution is 0.264. The minimum absolute atomic E-state index is 0.120. The van der Waals surface area contributed by atoms with Crippen molar-refractivity contribution in [3.63, 3.8) is 0 Å². The van der Waals surface area contributed by atoms with Crippen LogP contribution in [0.2, 0.25) is 10.0 Å². The number of hydrogen-bond donors (Lipinski definition) is 0. The standard InChI is InChI=1S/C14H9Cl2N3O2/c15-10-3-4-12(11(16)6-10)20-8-13-18-19-14(21-13)9-2-1-5-17-7-9/h1-7H,8H2. The highest BCUT2D eigenvalue weighted by Crippen LogP contribution is 2.28. The van der Waals surface area contributed by atoms with E-state index in [0.717, 1.165) is 5.56 Å². The average Bonchev–Trinajstić information content (AvgIpc) is 2.96. The summed E-state index contributed by atoms with van der Waals surface area (Å²) in [7, 11) is 0. The Kier molecular flexibility index (Phi) is 4.03. The van der Waals surface area contributed by atoms with Crippen LogP contribution in [0.25, 0.3) is 11.5 Å². The molecule has 0 saturated carbocycles. The zero-order valence-electron chi connectivity index (χ0n) is 10.7. The highest BCUT2D eigenvalue weighted by Gasteiger charge is 2.10. The summed E-state index contributed by atoms with van der Waals surface area (Å²) < 4.78 is 11.0. The summed E-state index contributed by atoms with van der Waals surface area (Å²) in [6, 6.07) is 8.61. The maximum atomic E-state index is 6.01. The fraction of sp³-hybridized carbons (Fsp3) is 0.0714. The van der Waals surface area contributed by atoms with E-state index in [-0.39, 0.29) is 6.61 Å². The predicted octanol–water partition coefficient (Wildman–Crippen LogP) is 4.02. The fourth-order valence-corrected chi connectivity index (χ4v) is 2.11. The van der Waals surface area contributed by atoms with Gasteiger partial charge in [0.2, 0.25) is 5.89 Å². The first kappa shape index (κ1) is 13.9. The Morgan fingerprint density at radius 2 is 2.05 bits per heavy atom. The van der Waals surface area contributed by atoms with E-state index in [1.165, 1.54) is 0 Å². The molecule has 106 valence electrons. The molecule has 1 aromatic carbocycles. The van der Waals surface area contributed by atoms with Gasteiger partial charge in [-0.05, 0) is 30.3 Å². The number of halogens is 2. The predicted molar refractivity (Wildman–Crippen MR) is 78.3 cm³/mol. The number of nitrogens with zero attached hydrogens (tertiary/aromatic N) is 3. The van der Waals surface area contributed by atoms with E-state index >= 15 is 0 Å². The van der Waals surface area contributed by atoms with Crippen LogP contribution in [-0.2, 0) is 6.61 Å².